The van der Waals surface area contributed by atoms with Gasteiger partial charge in [0.15, 0.2) is 0 Å². The Labute approximate surface area is 129 Å². The second-order valence-electron chi connectivity index (χ2n) is 6.00. The number of fused-ring (bicyclic) bond motifs is 2. The average Bonchev–Trinajstić information content (AvgIpc) is 3.23. The first-order chi connectivity index (χ1) is 10.8. The quantitative estimate of drug-likeness (QED) is 0.944. The van der Waals surface area contributed by atoms with E-state index < -0.39 is 0 Å². The van der Waals surface area contributed by atoms with Crippen molar-refractivity contribution in [2.24, 2.45) is 5.92 Å². The number of aromatic nitrogens is 1. The Morgan fingerprint density at radius 3 is 3.18 bits per heavy atom. The SMILES string of the molecule is CCO[C@@H]1CN(C(=O)c2ccc3[nH]ccc3c2)[C@H]2COC[C@@H]12. The van der Waals surface area contributed by atoms with Gasteiger partial charge in [0, 0.05) is 41.7 Å². The van der Waals surface area contributed by atoms with Gasteiger partial charge in [-0.05, 0) is 31.2 Å². The van der Waals surface area contributed by atoms with Crippen LogP contribution in [0.15, 0.2) is 30.5 Å². The molecule has 5 nitrogen and oxygen atoms in total. The summed E-state index contributed by atoms with van der Waals surface area (Å²) in [6.45, 7) is 4.64. The maximum Gasteiger partial charge on any atom is 0.254 e. The zero-order valence-corrected chi connectivity index (χ0v) is 12.6. The van der Waals surface area contributed by atoms with Crippen LogP contribution in [0.25, 0.3) is 10.9 Å². The molecule has 1 aromatic heterocycles. The molecule has 116 valence electrons. The summed E-state index contributed by atoms with van der Waals surface area (Å²) < 4.78 is 11.4. The van der Waals surface area contributed by atoms with Gasteiger partial charge in [0.2, 0.25) is 0 Å². The molecule has 1 amide bonds. The molecular weight excluding hydrogens is 280 g/mol. The largest absolute Gasteiger partial charge is 0.379 e. The number of nitrogens with zero attached hydrogens (tertiary/aromatic N) is 1. The first-order valence-electron chi connectivity index (χ1n) is 7.85. The van der Waals surface area contributed by atoms with Gasteiger partial charge in [-0.3, -0.25) is 4.79 Å². The van der Waals surface area contributed by atoms with Crippen LogP contribution in [0.1, 0.15) is 17.3 Å². The van der Waals surface area contributed by atoms with E-state index in [4.69, 9.17) is 9.47 Å². The number of carbonyl (C=O) groups is 1. The molecular formula is C17H20N2O3. The van der Waals surface area contributed by atoms with Crippen LogP contribution in [0, 0.1) is 5.92 Å². The van der Waals surface area contributed by atoms with Gasteiger partial charge in [0.1, 0.15) is 0 Å². The third-order valence-corrected chi connectivity index (χ3v) is 4.79. The molecule has 2 aliphatic heterocycles. The minimum atomic E-state index is 0.0748. The fraction of sp³-hybridized carbons (Fsp3) is 0.471. The lowest BCUT2D eigenvalue weighted by Crippen LogP contribution is -2.38. The number of H-pyrrole nitrogens is 1. The first kappa shape index (κ1) is 13.8. The number of rotatable bonds is 3. The van der Waals surface area contributed by atoms with Crippen LogP contribution >= 0.6 is 0 Å². The summed E-state index contributed by atoms with van der Waals surface area (Å²) in [4.78, 5) is 18.0. The van der Waals surface area contributed by atoms with Crippen LogP contribution in [0.5, 0.6) is 0 Å². The molecule has 0 saturated carbocycles. The maximum atomic E-state index is 12.9. The summed E-state index contributed by atoms with van der Waals surface area (Å²) in [5, 5.41) is 1.06. The summed E-state index contributed by atoms with van der Waals surface area (Å²) in [6, 6.07) is 7.93. The summed E-state index contributed by atoms with van der Waals surface area (Å²) in [7, 11) is 0. The lowest BCUT2D eigenvalue weighted by Gasteiger charge is -2.22. The number of hydrogen-bond donors (Lipinski definition) is 1. The Hall–Kier alpha value is -1.85. The summed E-state index contributed by atoms with van der Waals surface area (Å²) >= 11 is 0. The Bertz CT molecular complexity index is 696. The molecule has 1 N–H and O–H groups in total. The van der Waals surface area contributed by atoms with Crippen molar-refractivity contribution in [1.29, 1.82) is 0 Å². The second-order valence-corrected chi connectivity index (χ2v) is 6.00. The molecule has 1 aromatic carbocycles. The predicted molar refractivity (Wildman–Crippen MR) is 82.8 cm³/mol. The third-order valence-electron chi connectivity index (χ3n) is 4.79. The lowest BCUT2D eigenvalue weighted by atomic mass is 10.0. The summed E-state index contributed by atoms with van der Waals surface area (Å²) in [5.74, 6) is 0.380. The van der Waals surface area contributed by atoms with Crippen LogP contribution in [0.4, 0.5) is 0 Å². The molecule has 0 bridgehead atoms. The van der Waals surface area contributed by atoms with E-state index in [0.29, 0.717) is 32.3 Å². The number of nitrogens with one attached hydrogen (secondary N) is 1. The molecule has 3 heterocycles. The monoisotopic (exact) mass is 300 g/mol. The van der Waals surface area contributed by atoms with Gasteiger partial charge in [0.05, 0.1) is 25.4 Å². The molecule has 0 aliphatic carbocycles. The third kappa shape index (κ3) is 2.12. The van der Waals surface area contributed by atoms with Gasteiger partial charge in [0.25, 0.3) is 5.91 Å². The number of amides is 1. The van der Waals surface area contributed by atoms with E-state index >= 15 is 0 Å². The van der Waals surface area contributed by atoms with E-state index in [0.717, 1.165) is 16.5 Å². The van der Waals surface area contributed by atoms with Gasteiger partial charge in [-0.1, -0.05) is 0 Å². The van der Waals surface area contributed by atoms with Gasteiger partial charge >= 0.3 is 0 Å². The molecule has 0 radical (unpaired) electrons. The van der Waals surface area contributed by atoms with Gasteiger partial charge < -0.3 is 19.4 Å². The number of likely N-dealkylation sites (tertiary alicyclic amines) is 1. The molecule has 3 atom stereocenters. The van der Waals surface area contributed by atoms with Gasteiger partial charge in [-0.25, -0.2) is 0 Å². The van der Waals surface area contributed by atoms with Gasteiger partial charge in [-0.2, -0.15) is 0 Å². The van der Waals surface area contributed by atoms with Crippen LogP contribution in [-0.2, 0) is 9.47 Å². The summed E-state index contributed by atoms with van der Waals surface area (Å²) in [6.07, 6.45) is 1.98. The maximum absolute atomic E-state index is 12.9. The molecule has 22 heavy (non-hydrogen) atoms. The topological polar surface area (TPSA) is 54.6 Å². The Morgan fingerprint density at radius 1 is 1.41 bits per heavy atom. The zero-order valence-electron chi connectivity index (χ0n) is 12.6. The minimum absolute atomic E-state index is 0.0748. The Kier molecular flexibility index (Phi) is 3.39. The van der Waals surface area contributed by atoms with Crippen molar-refractivity contribution in [3.63, 3.8) is 0 Å². The van der Waals surface area contributed by atoms with Crippen molar-refractivity contribution in [2.75, 3.05) is 26.4 Å². The molecule has 0 spiro atoms. The Balaban J connectivity index is 1.61. The van der Waals surface area contributed by atoms with E-state index in [1.807, 2.05) is 42.3 Å². The standard InChI is InChI=1S/C17H20N2O3/c1-2-22-16-8-19(15-10-21-9-13(15)16)17(20)12-3-4-14-11(7-12)5-6-18-14/h3-7,13,15-16,18H,2,8-10H2,1H3/t13-,15+,16-/m1/s1. The van der Waals surface area contributed by atoms with E-state index in [1.54, 1.807) is 0 Å². The minimum Gasteiger partial charge on any atom is -0.379 e. The number of carbonyl (C=O) groups excluding carboxylic acids is 1. The van der Waals surface area contributed by atoms with Crippen molar-refractivity contribution in [1.82, 2.24) is 9.88 Å². The number of ether oxygens (including phenoxy) is 2. The van der Waals surface area contributed by atoms with E-state index in [9.17, 15) is 4.79 Å². The number of hydrogen-bond acceptors (Lipinski definition) is 3. The van der Waals surface area contributed by atoms with Crippen molar-refractivity contribution >= 4 is 16.8 Å². The first-order valence-corrected chi connectivity index (χ1v) is 7.85. The van der Waals surface area contributed by atoms with Crippen LogP contribution in [-0.4, -0.2) is 54.3 Å². The summed E-state index contributed by atoms with van der Waals surface area (Å²) in [5.41, 5.74) is 1.78. The van der Waals surface area contributed by atoms with Gasteiger partial charge in [-0.15, -0.1) is 0 Å². The molecule has 2 fully saturated rings. The molecule has 0 unspecified atom stereocenters. The molecule has 2 aliphatic rings. The highest BCUT2D eigenvalue weighted by Crippen LogP contribution is 2.33. The van der Waals surface area contributed by atoms with Crippen molar-refractivity contribution in [3.8, 4) is 0 Å². The lowest BCUT2D eigenvalue weighted by molar-refractivity contribution is 0.0257. The second kappa shape index (κ2) is 5.41. The average molecular weight is 300 g/mol. The normalized spacial score (nSPS) is 27.5. The molecule has 2 aromatic rings. The zero-order chi connectivity index (χ0) is 15.1. The molecule has 2 saturated heterocycles. The highest BCUT2D eigenvalue weighted by Gasteiger charge is 2.47. The smallest absolute Gasteiger partial charge is 0.254 e. The number of aromatic amines is 1. The molecule has 5 heteroatoms. The van der Waals surface area contributed by atoms with Crippen molar-refractivity contribution in [2.45, 2.75) is 19.1 Å². The molecule has 4 rings (SSSR count). The van der Waals surface area contributed by atoms with E-state index in [2.05, 4.69) is 4.98 Å². The van der Waals surface area contributed by atoms with E-state index in [-0.39, 0.29) is 18.1 Å². The van der Waals surface area contributed by atoms with Crippen LogP contribution in [0.3, 0.4) is 0 Å². The van der Waals surface area contributed by atoms with Crippen LogP contribution < -0.4 is 0 Å². The Morgan fingerprint density at radius 2 is 2.32 bits per heavy atom. The fourth-order valence-corrected chi connectivity index (χ4v) is 3.68. The van der Waals surface area contributed by atoms with E-state index in [1.165, 1.54) is 0 Å². The predicted octanol–water partition coefficient (Wildman–Crippen LogP) is 2.04. The fourth-order valence-electron chi connectivity index (χ4n) is 3.68. The van der Waals surface area contributed by atoms with Crippen LogP contribution in [0.2, 0.25) is 0 Å². The highest BCUT2D eigenvalue weighted by molar-refractivity contribution is 5.98. The van der Waals surface area contributed by atoms with Crippen molar-refractivity contribution in [3.05, 3.63) is 36.0 Å². The number of benzene rings is 1. The highest BCUT2D eigenvalue weighted by atomic mass is 16.5. The van der Waals surface area contributed by atoms with Crippen molar-refractivity contribution < 1.29 is 14.3 Å².